The summed E-state index contributed by atoms with van der Waals surface area (Å²) in [7, 11) is 0. The van der Waals surface area contributed by atoms with Gasteiger partial charge in [-0.3, -0.25) is 5.01 Å². The molecule has 0 atom stereocenters. The van der Waals surface area contributed by atoms with Gasteiger partial charge in [0.05, 0.1) is 11.4 Å². The maximum absolute atomic E-state index is 11.0. The van der Waals surface area contributed by atoms with Crippen LogP contribution >= 0.6 is 0 Å². The molecule has 0 aliphatic rings. The number of hydrogen-bond acceptors (Lipinski definition) is 2. The van der Waals surface area contributed by atoms with Gasteiger partial charge >= 0.3 is 6.03 Å². The second-order valence-electron chi connectivity index (χ2n) is 3.48. The number of carbonyl (C=O) groups is 1. The predicted molar refractivity (Wildman–Crippen MR) is 67.7 cm³/mol. The summed E-state index contributed by atoms with van der Waals surface area (Å²) in [4.78, 5) is 11.0. The third-order valence-electron chi connectivity index (χ3n) is 2.25. The summed E-state index contributed by atoms with van der Waals surface area (Å²) >= 11 is 0. The normalized spacial score (nSPS) is 9.11. The molecular weight excluding hydrogens is 266 g/mol. The van der Waals surface area contributed by atoms with E-state index in [1.54, 1.807) is 5.01 Å². The maximum atomic E-state index is 11.0. The van der Waals surface area contributed by atoms with Crippen LogP contribution in [-0.4, -0.2) is 6.03 Å². The van der Waals surface area contributed by atoms with E-state index in [1.807, 2.05) is 60.7 Å². The molecule has 0 heterocycles. The van der Waals surface area contributed by atoms with Crippen molar-refractivity contribution in [3.05, 3.63) is 60.7 Å². The largest absolute Gasteiger partial charge is 0.350 e. The van der Waals surface area contributed by atoms with E-state index in [-0.39, 0.29) is 17.4 Å². The number of rotatable bonds is 3. The molecule has 92 valence electrons. The molecule has 2 aromatic rings. The molecule has 2 rings (SSSR count). The summed E-state index contributed by atoms with van der Waals surface area (Å²) in [5.41, 5.74) is 9.45. The Balaban J connectivity index is 0.00000162. The Labute approximate surface area is 117 Å². The number of hydrogen-bond donors (Lipinski definition) is 2. The number of nitrogens with one attached hydrogen (secondary N) is 1. The second-order valence-corrected chi connectivity index (χ2v) is 3.48. The molecule has 0 spiro atoms. The quantitative estimate of drug-likeness (QED) is 0.848. The van der Waals surface area contributed by atoms with Crippen LogP contribution in [0, 0.1) is 0 Å². The number of urea groups is 1. The molecule has 0 unspecified atom stereocenters. The number of primary amides is 1. The Morgan fingerprint density at radius 1 is 0.889 bits per heavy atom. The first-order valence-corrected chi connectivity index (χ1v) is 5.23. The van der Waals surface area contributed by atoms with Crippen LogP contribution in [0.15, 0.2) is 60.7 Å². The molecule has 0 bridgehead atoms. The predicted octanol–water partition coefficient (Wildman–Crippen LogP) is 2.41. The smallest absolute Gasteiger partial charge is 0.331 e. The number of anilines is 2. The van der Waals surface area contributed by atoms with E-state index in [1.165, 1.54) is 0 Å². The van der Waals surface area contributed by atoms with Crippen molar-refractivity contribution in [1.29, 1.82) is 0 Å². The van der Waals surface area contributed by atoms with Crippen molar-refractivity contribution < 1.29 is 22.2 Å². The van der Waals surface area contributed by atoms with E-state index in [4.69, 9.17) is 5.73 Å². The molecule has 2 aromatic carbocycles. The van der Waals surface area contributed by atoms with Crippen molar-refractivity contribution in [3.8, 4) is 0 Å². The molecule has 0 fully saturated rings. The first-order valence-electron chi connectivity index (χ1n) is 5.23. The van der Waals surface area contributed by atoms with Crippen molar-refractivity contribution in [2.45, 2.75) is 0 Å². The number of carbonyl (C=O) groups excluding carboxylic acids is 1. The van der Waals surface area contributed by atoms with Gasteiger partial charge in [-0.2, -0.15) is 0 Å². The molecule has 2 amide bonds. The van der Waals surface area contributed by atoms with Crippen LogP contribution in [0.4, 0.5) is 16.2 Å². The topological polar surface area (TPSA) is 58.4 Å². The zero-order valence-corrected chi connectivity index (χ0v) is 10.9. The third kappa shape index (κ3) is 3.52. The minimum atomic E-state index is -0.599. The molecular formula is C13H13CrN3O. The van der Waals surface area contributed by atoms with E-state index in [0.29, 0.717) is 0 Å². The first-order chi connectivity index (χ1) is 8.27. The number of amides is 2. The van der Waals surface area contributed by atoms with Gasteiger partial charge < -0.3 is 5.73 Å². The van der Waals surface area contributed by atoms with Gasteiger partial charge in [-0.25, -0.2) is 10.2 Å². The summed E-state index contributed by atoms with van der Waals surface area (Å²) in [6.45, 7) is 0. The molecule has 0 saturated carbocycles. The third-order valence-corrected chi connectivity index (χ3v) is 2.25. The Kier molecular flexibility index (Phi) is 5.25. The van der Waals surface area contributed by atoms with Crippen molar-refractivity contribution in [1.82, 2.24) is 5.43 Å². The van der Waals surface area contributed by atoms with Gasteiger partial charge in [-0.1, -0.05) is 36.4 Å². The van der Waals surface area contributed by atoms with Crippen molar-refractivity contribution in [2.24, 2.45) is 5.73 Å². The molecule has 0 saturated heterocycles. The number of nitrogens with two attached hydrogens (primary N) is 1. The maximum Gasteiger partial charge on any atom is 0.331 e. The Morgan fingerprint density at radius 3 is 1.61 bits per heavy atom. The molecule has 18 heavy (non-hydrogen) atoms. The Morgan fingerprint density at radius 2 is 1.28 bits per heavy atom. The molecule has 5 heteroatoms. The summed E-state index contributed by atoms with van der Waals surface area (Å²) in [6.07, 6.45) is 0. The van der Waals surface area contributed by atoms with Gasteiger partial charge in [0.25, 0.3) is 0 Å². The van der Waals surface area contributed by atoms with Crippen molar-refractivity contribution in [3.63, 3.8) is 0 Å². The fourth-order valence-electron chi connectivity index (χ4n) is 1.54. The van der Waals surface area contributed by atoms with Crippen LogP contribution in [0.25, 0.3) is 0 Å². The average Bonchev–Trinajstić information content (AvgIpc) is 2.38. The fraction of sp³-hybridized carbons (Fsp3) is 0. The van der Waals surface area contributed by atoms with E-state index in [0.717, 1.165) is 11.4 Å². The minimum absolute atomic E-state index is 0. The zero-order chi connectivity index (χ0) is 12.1. The van der Waals surface area contributed by atoms with Crippen LogP contribution in [-0.2, 0) is 17.4 Å². The van der Waals surface area contributed by atoms with Gasteiger partial charge in [0.15, 0.2) is 0 Å². The summed E-state index contributed by atoms with van der Waals surface area (Å²) < 4.78 is 0. The van der Waals surface area contributed by atoms with Crippen LogP contribution in [0.1, 0.15) is 0 Å². The Bertz CT molecular complexity index is 451. The molecule has 0 aromatic heterocycles. The van der Waals surface area contributed by atoms with Gasteiger partial charge in [0, 0.05) is 17.4 Å². The average molecular weight is 279 g/mol. The first kappa shape index (κ1) is 14.1. The van der Waals surface area contributed by atoms with E-state index in [2.05, 4.69) is 5.43 Å². The molecule has 3 N–H and O–H groups in total. The van der Waals surface area contributed by atoms with E-state index in [9.17, 15) is 4.79 Å². The summed E-state index contributed by atoms with van der Waals surface area (Å²) in [6, 6.07) is 18.4. The standard InChI is InChI=1S/C13H13N3O.Cr/c14-13(17)15-16(11-7-3-1-4-8-11)12-9-5-2-6-10-12;/h1-10H,(H3,14,15,17);. The summed E-state index contributed by atoms with van der Waals surface area (Å²) in [5, 5.41) is 1.64. The second kappa shape index (κ2) is 6.70. The van der Waals surface area contributed by atoms with Crippen LogP contribution in [0.5, 0.6) is 0 Å². The fourth-order valence-corrected chi connectivity index (χ4v) is 1.54. The van der Waals surface area contributed by atoms with E-state index < -0.39 is 6.03 Å². The Hall–Kier alpha value is -1.96. The zero-order valence-electron chi connectivity index (χ0n) is 9.61. The van der Waals surface area contributed by atoms with Crippen molar-refractivity contribution in [2.75, 3.05) is 5.01 Å². The SMILES string of the molecule is NC(=O)NN(c1ccccc1)c1ccccc1.[Cr]. The monoisotopic (exact) mass is 279 g/mol. The van der Waals surface area contributed by atoms with Crippen molar-refractivity contribution >= 4 is 17.4 Å². The minimum Gasteiger partial charge on any atom is -0.350 e. The molecule has 0 aliphatic carbocycles. The van der Waals surface area contributed by atoms with Gasteiger partial charge in [-0.05, 0) is 24.3 Å². The number of para-hydroxylation sites is 2. The van der Waals surface area contributed by atoms with Gasteiger partial charge in [-0.15, -0.1) is 0 Å². The summed E-state index contributed by atoms with van der Waals surface area (Å²) in [5.74, 6) is 0. The number of benzene rings is 2. The van der Waals surface area contributed by atoms with Crippen LogP contribution in [0.3, 0.4) is 0 Å². The van der Waals surface area contributed by atoms with Crippen LogP contribution < -0.4 is 16.2 Å². The number of nitrogens with zero attached hydrogens (tertiary/aromatic N) is 1. The van der Waals surface area contributed by atoms with Gasteiger partial charge in [0.2, 0.25) is 0 Å². The molecule has 4 nitrogen and oxygen atoms in total. The molecule has 0 aliphatic heterocycles. The van der Waals surface area contributed by atoms with Crippen LogP contribution in [0.2, 0.25) is 0 Å². The molecule has 0 radical (unpaired) electrons. The van der Waals surface area contributed by atoms with E-state index >= 15 is 0 Å². The number of hydrazine groups is 1. The van der Waals surface area contributed by atoms with Gasteiger partial charge in [0.1, 0.15) is 0 Å².